The van der Waals surface area contributed by atoms with Crippen LogP contribution in [0.25, 0.3) is 39.5 Å². The minimum atomic E-state index is -3.34. The summed E-state index contributed by atoms with van der Waals surface area (Å²) in [6, 6.07) is 22.7. The molecule has 1 fully saturated rings. The van der Waals surface area contributed by atoms with Crippen LogP contribution in [0.5, 0.6) is 5.88 Å². The zero-order chi connectivity index (χ0) is 34.0. The molecule has 0 unspecified atom stereocenters. The van der Waals surface area contributed by atoms with Crippen LogP contribution >= 0.6 is 0 Å². The second-order valence-corrected chi connectivity index (χ2v) is 11.0. The molecule has 1 aromatic carbocycles. The van der Waals surface area contributed by atoms with Gasteiger partial charge >= 0.3 is 0 Å². The number of pyridine rings is 3. The molecule has 0 amide bonds. The Balaban J connectivity index is 1.13. The number of nitrogens with two attached hydrogens (primary N) is 1. The molecular formula is C34H30FN11O. The maximum absolute atomic E-state index is 13.3. The van der Waals surface area contributed by atoms with Crippen molar-refractivity contribution in [1.29, 1.82) is 5.26 Å². The number of nitrogen functional groups attached to an aromatic ring is 1. The van der Waals surface area contributed by atoms with Crippen LogP contribution in [0, 0.1) is 11.3 Å². The molecule has 6 heterocycles. The largest absolute Gasteiger partial charge is 0.446 e. The molecule has 7 rings (SSSR count). The fourth-order valence-corrected chi connectivity index (χ4v) is 5.73. The van der Waals surface area contributed by atoms with Crippen molar-refractivity contribution in [2.45, 2.75) is 25.4 Å². The number of benzene rings is 1. The fourth-order valence-electron chi connectivity index (χ4n) is 5.73. The number of rotatable bonds is 9. The van der Waals surface area contributed by atoms with Crippen LogP contribution in [-0.4, -0.2) is 65.3 Å². The number of hydrogen-bond acceptors (Lipinski definition) is 11. The molecular weight excluding hydrogens is 597 g/mol. The number of anilines is 2. The number of nitrogens with zero attached hydrogens (tertiary/aromatic N) is 9. The van der Waals surface area contributed by atoms with E-state index in [0.717, 1.165) is 43.7 Å². The summed E-state index contributed by atoms with van der Waals surface area (Å²) in [6.07, 6.45) is 6.57. The average Bonchev–Trinajstić information content (AvgIpc) is 3.48. The summed E-state index contributed by atoms with van der Waals surface area (Å²) in [4.78, 5) is 28.7. The molecule has 6 aromatic rings. The van der Waals surface area contributed by atoms with E-state index < -0.39 is 6.81 Å². The van der Waals surface area contributed by atoms with Gasteiger partial charge in [0.2, 0.25) is 18.5 Å². The molecule has 0 spiro atoms. The van der Waals surface area contributed by atoms with E-state index in [1.807, 2.05) is 41.0 Å². The van der Waals surface area contributed by atoms with Crippen molar-refractivity contribution in [3.05, 3.63) is 96.7 Å². The predicted octanol–water partition coefficient (Wildman–Crippen LogP) is 5.17. The lowest BCUT2D eigenvalue weighted by Crippen LogP contribution is -2.38. The van der Waals surface area contributed by atoms with Crippen molar-refractivity contribution in [1.82, 2.24) is 39.4 Å². The van der Waals surface area contributed by atoms with Gasteiger partial charge in [-0.2, -0.15) is 5.26 Å². The Labute approximate surface area is 272 Å². The summed E-state index contributed by atoms with van der Waals surface area (Å²) in [5.41, 5.74) is 11.4. The van der Waals surface area contributed by atoms with E-state index in [0.29, 0.717) is 45.4 Å². The van der Waals surface area contributed by atoms with Gasteiger partial charge in [0, 0.05) is 61.6 Å². The van der Waals surface area contributed by atoms with Gasteiger partial charge in [-0.15, -0.1) is 0 Å². The monoisotopic (exact) mass is 629 g/mol. The van der Waals surface area contributed by atoms with Crippen molar-refractivity contribution < 1.29 is 11.9 Å². The number of hydrogen-bond donors (Lipinski definition) is 2. The lowest BCUT2D eigenvalue weighted by Gasteiger charge is -2.32. The van der Waals surface area contributed by atoms with Crippen LogP contribution in [0.3, 0.4) is 0 Å². The molecule has 1 aliphatic rings. The minimum Gasteiger partial charge on any atom is -0.446 e. The lowest BCUT2D eigenvalue weighted by atomic mass is 10.0. The molecule has 5 aromatic heterocycles. The Morgan fingerprint density at radius 1 is 0.979 bits per heavy atom. The quantitative estimate of drug-likeness (QED) is 0.217. The highest BCUT2D eigenvalue weighted by molar-refractivity contribution is 5.84. The van der Waals surface area contributed by atoms with Gasteiger partial charge in [-0.25, -0.2) is 34.3 Å². The third kappa shape index (κ3) is 6.40. The van der Waals surface area contributed by atoms with Gasteiger partial charge in [0.05, 0.1) is 11.3 Å². The van der Waals surface area contributed by atoms with Gasteiger partial charge in [0.15, 0.2) is 11.5 Å². The van der Waals surface area contributed by atoms with Crippen LogP contribution in [-0.2, 0) is 6.54 Å². The molecule has 1 saturated heterocycles. The fraction of sp³-hybridized carbons (Fsp3) is 0.206. The SMILES string of the molecule is [2H]C([2H])(F)Oc1ccc(-c2ccc3nc(-c4cccnc4N)n(-c4ccc(CN5CCC(Nc6ccnc(C#N)n6)CC5)cc4)c3n2)cn1. The Morgan fingerprint density at radius 3 is 2.57 bits per heavy atom. The van der Waals surface area contributed by atoms with E-state index in [1.165, 1.54) is 12.3 Å². The molecule has 12 nitrogen and oxygen atoms in total. The van der Waals surface area contributed by atoms with E-state index in [2.05, 4.69) is 47.0 Å². The predicted molar refractivity (Wildman–Crippen MR) is 175 cm³/mol. The number of alkyl halides is 1. The van der Waals surface area contributed by atoms with E-state index in [1.54, 1.807) is 30.6 Å². The van der Waals surface area contributed by atoms with Gasteiger partial charge in [-0.1, -0.05) is 12.1 Å². The Morgan fingerprint density at radius 2 is 1.83 bits per heavy atom. The number of likely N-dealkylation sites (tertiary alicyclic amines) is 1. The maximum atomic E-state index is 13.3. The summed E-state index contributed by atoms with van der Waals surface area (Å²) in [5.74, 6) is 1.57. The van der Waals surface area contributed by atoms with E-state index in [-0.39, 0.29) is 17.7 Å². The summed E-state index contributed by atoms with van der Waals surface area (Å²) >= 11 is 0. The summed E-state index contributed by atoms with van der Waals surface area (Å²) in [7, 11) is 0. The van der Waals surface area contributed by atoms with Crippen LogP contribution in [0.2, 0.25) is 0 Å². The van der Waals surface area contributed by atoms with Crippen molar-refractivity contribution >= 4 is 22.8 Å². The second-order valence-electron chi connectivity index (χ2n) is 11.0. The summed E-state index contributed by atoms with van der Waals surface area (Å²) in [6.45, 7) is -0.704. The summed E-state index contributed by atoms with van der Waals surface area (Å²) in [5, 5.41) is 12.5. The maximum Gasteiger partial charge on any atom is 0.234 e. The highest BCUT2D eigenvalue weighted by Gasteiger charge is 2.21. The van der Waals surface area contributed by atoms with Gasteiger partial charge in [0.1, 0.15) is 26.0 Å². The average molecular weight is 630 g/mol. The van der Waals surface area contributed by atoms with Gasteiger partial charge < -0.3 is 15.8 Å². The number of nitrogens with one attached hydrogen (secondary N) is 1. The Bertz CT molecular complexity index is 2140. The lowest BCUT2D eigenvalue weighted by molar-refractivity contribution is 0.185. The molecule has 0 radical (unpaired) electrons. The molecule has 0 aliphatic carbocycles. The molecule has 1 aliphatic heterocycles. The molecule has 13 heteroatoms. The van der Waals surface area contributed by atoms with Gasteiger partial charge in [-0.3, -0.25) is 9.47 Å². The van der Waals surface area contributed by atoms with Crippen LogP contribution < -0.4 is 15.8 Å². The second kappa shape index (κ2) is 13.2. The first-order valence-corrected chi connectivity index (χ1v) is 15.0. The van der Waals surface area contributed by atoms with Crippen LogP contribution in [0.1, 0.15) is 27.0 Å². The molecule has 0 atom stereocenters. The molecule has 234 valence electrons. The van der Waals surface area contributed by atoms with E-state index in [9.17, 15) is 4.39 Å². The van der Waals surface area contributed by atoms with E-state index >= 15 is 0 Å². The van der Waals surface area contributed by atoms with E-state index in [4.69, 9.17) is 23.7 Å². The number of halogens is 1. The smallest absolute Gasteiger partial charge is 0.234 e. The highest BCUT2D eigenvalue weighted by Crippen LogP contribution is 2.32. The van der Waals surface area contributed by atoms with Gasteiger partial charge in [-0.05, 0) is 66.9 Å². The Hall–Kier alpha value is -6.00. The standard InChI is InChI=1S/C34H30FN11O/c35-21-47-31-10-5-23(19-40-31)27-8-9-28-34(42-27)46(33(43-28)26-2-1-14-39-32(26)37)25-6-3-22(4-7-25)20-45-16-12-24(13-17-45)41-29-11-15-38-30(18-36)44-29/h1-11,14-15,19,24H,12-13,16-17,20-21H2,(H2,37,39)(H,38,41,44)/i21D2. The first-order chi connectivity index (χ1) is 23.7. The van der Waals surface area contributed by atoms with Crippen molar-refractivity contribution in [3.8, 4) is 40.3 Å². The zero-order valence-electron chi connectivity index (χ0n) is 27.1. The van der Waals surface area contributed by atoms with Crippen LogP contribution in [0.4, 0.5) is 16.0 Å². The number of fused-ring (bicyclic) bond motifs is 1. The normalized spacial score (nSPS) is 14.7. The summed E-state index contributed by atoms with van der Waals surface area (Å²) < 4.78 is 33.8. The van der Waals surface area contributed by atoms with Crippen molar-refractivity contribution in [3.63, 3.8) is 0 Å². The van der Waals surface area contributed by atoms with Gasteiger partial charge in [0.25, 0.3) is 0 Å². The first kappa shape index (κ1) is 27.3. The van der Waals surface area contributed by atoms with Crippen molar-refractivity contribution in [2.24, 2.45) is 0 Å². The molecule has 0 bridgehead atoms. The highest BCUT2D eigenvalue weighted by atomic mass is 19.1. The molecule has 0 saturated carbocycles. The van der Waals surface area contributed by atoms with Crippen LogP contribution in [0.15, 0.2) is 85.3 Å². The number of nitriles is 1. The Kier molecular flexibility index (Phi) is 7.65. The minimum absolute atomic E-state index is 0.156. The number of piperidine rings is 1. The number of aromatic nitrogens is 7. The molecule has 3 N–H and O–H groups in total. The number of imidazole rings is 1. The van der Waals surface area contributed by atoms with Crippen molar-refractivity contribution in [2.75, 3.05) is 31.0 Å². The zero-order valence-corrected chi connectivity index (χ0v) is 25.1. The topological polar surface area (TPSA) is 157 Å². The third-order valence-electron chi connectivity index (χ3n) is 8.06. The third-order valence-corrected chi connectivity index (χ3v) is 8.06. The number of ether oxygens (including phenoxy) is 1. The first-order valence-electron chi connectivity index (χ1n) is 16.0. The molecule has 47 heavy (non-hydrogen) atoms.